The fourth-order valence-electron chi connectivity index (χ4n) is 2.41. The maximum atomic E-state index is 11.7. The van der Waals surface area contributed by atoms with Gasteiger partial charge in [-0.1, -0.05) is 0 Å². The molecule has 3 nitrogen and oxygen atoms in total. The van der Waals surface area contributed by atoms with Gasteiger partial charge >= 0.3 is 0 Å². The number of nitrogens with zero attached hydrogens (tertiary/aromatic N) is 1. The van der Waals surface area contributed by atoms with Gasteiger partial charge in [0.05, 0.1) is 6.04 Å². The molecule has 2 atom stereocenters. The minimum Gasteiger partial charge on any atom is -0.338 e. The quantitative estimate of drug-likeness (QED) is 0.718. The number of halogens is 1. The summed E-state index contributed by atoms with van der Waals surface area (Å²) >= 11 is 0. The summed E-state index contributed by atoms with van der Waals surface area (Å²) in [5.41, 5.74) is 6.10. The van der Waals surface area contributed by atoms with Gasteiger partial charge in [-0.05, 0) is 38.5 Å². The summed E-state index contributed by atoms with van der Waals surface area (Å²) in [6.07, 6.45) is 3.80. The van der Waals surface area contributed by atoms with E-state index in [2.05, 4.69) is 6.92 Å². The summed E-state index contributed by atoms with van der Waals surface area (Å²) in [5, 5.41) is 0. The molecule has 1 aliphatic heterocycles. The van der Waals surface area contributed by atoms with Crippen LogP contribution in [0, 0.1) is 5.41 Å². The largest absolute Gasteiger partial charge is 0.338 e. The Balaban J connectivity index is 0.000000980. The van der Waals surface area contributed by atoms with Crippen molar-refractivity contribution >= 4 is 18.3 Å². The highest BCUT2D eigenvalue weighted by atomic mass is 35.5. The zero-order valence-corrected chi connectivity index (χ0v) is 9.64. The van der Waals surface area contributed by atoms with E-state index in [1.807, 2.05) is 4.90 Å². The molecular weight excluding hydrogens is 200 g/mol. The van der Waals surface area contributed by atoms with Gasteiger partial charge in [-0.2, -0.15) is 0 Å². The minimum atomic E-state index is -0.337. The van der Waals surface area contributed by atoms with Crippen LogP contribution in [0.2, 0.25) is 0 Å². The lowest BCUT2D eigenvalue weighted by Crippen LogP contribution is -2.43. The fraction of sp³-hybridized carbons (Fsp3) is 0.900. The molecule has 0 aromatic carbocycles. The number of hydrogen-bond donors (Lipinski definition) is 1. The van der Waals surface area contributed by atoms with Crippen molar-refractivity contribution in [2.24, 2.45) is 11.1 Å². The third-order valence-corrected chi connectivity index (χ3v) is 3.40. The van der Waals surface area contributed by atoms with Crippen molar-refractivity contribution in [1.29, 1.82) is 0 Å². The van der Waals surface area contributed by atoms with Gasteiger partial charge in [0.15, 0.2) is 0 Å². The Labute approximate surface area is 91.4 Å². The van der Waals surface area contributed by atoms with E-state index in [1.54, 1.807) is 6.92 Å². The van der Waals surface area contributed by atoms with E-state index in [1.165, 1.54) is 19.3 Å². The molecule has 2 aliphatic rings. The average Bonchev–Trinajstić information content (AvgIpc) is 2.70. The molecule has 0 aromatic heterocycles. The number of carbonyl (C=O) groups is 1. The van der Waals surface area contributed by atoms with Gasteiger partial charge in [0.25, 0.3) is 0 Å². The molecule has 2 fully saturated rings. The standard InChI is InChI=1S/C10H18N2O.ClH/c1-7-5-10(3-4-10)6-12(7)9(13)8(2)11;/h7-8H,3-6,11H2,1-2H3;1H/t7-,8-;/m1./s1. The first-order chi connectivity index (χ1) is 6.04. The summed E-state index contributed by atoms with van der Waals surface area (Å²) in [6, 6.07) is 0.0670. The summed E-state index contributed by atoms with van der Waals surface area (Å²) in [4.78, 5) is 13.6. The molecule has 14 heavy (non-hydrogen) atoms. The third kappa shape index (κ3) is 1.89. The molecule has 1 heterocycles. The molecule has 1 aliphatic carbocycles. The lowest BCUT2D eigenvalue weighted by atomic mass is 10.0. The second-order valence-corrected chi connectivity index (χ2v) is 4.81. The minimum absolute atomic E-state index is 0. The zero-order valence-electron chi connectivity index (χ0n) is 8.82. The van der Waals surface area contributed by atoms with Crippen LogP contribution in [0.5, 0.6) is 0 Å². The van der Waals surface area contributed by atoms with Crippen LogP contribution in [0.1, 0.15) is 33.1 Å². The molecule has 0 unspecified atom stereocenters. The average molecular weight is 219 g/mol. The normalized spacial score (nSPS) is 29.9. The first-order valence-corrected chi connectivity index (χ1v) is 5.10. The van der Waals surface area contributed by atoms with Crippen molar-refractivity contribution < 1.29 is 4.79 Å². The molecule has 1 amide bonds. The maximum absolute atomic E-state index is 11.7. The maximum Gasteiger partial charge on any atom is 0.239 e. The predicted molar refractivity (Wildman–Crippen MR) is 58.4 cm³/mol. The summed E-state index contributed by atoms with van der Waals surface area (Å²) < 4.78 is 0. The van der Waals surface area contributed by atoms with E-state index in [9.17, 15) is 4.79 Å². The Morgan fingerprint density at radius 3 is 2.50 bits per heavy atom. The Hall–Kier alpha value is -0.280. The number of nitrogens with two attached hydrogens (primary N) is 1. The van der Waals surface area contributed by atoms with Gasteiger partial charge in [0.2, 0.25) is 5.91 Å². The molecule has 2 rings (SSSR count). The van der Waals surface area contributed by atoms with E-state index < -0.39 is 0 Å². The van der Waals surface area contributed by atoms with Crippen molar-refractivity contribution in [2.75, 3.05) is 6.54 Å². The molecule has 0 bridgehead atoms. The molecule has 4 heteroatoms. The van der Waals surface area contributed by atoms with Crippen LogP contribution in [0.25, 0.3) is 0 Å². The summed E-state index contributed by atoms with van der Waals surface area (Å²) in [5.74, 6) is 0.122. The molecule has 1 spiro atoms. The van der Waals surface area contributed by atoms with Gasteiger partial charge < -0.3 is 10.6 Å². The summed E-state index contributed by atoms with van der Waals surface area (Å²) in [6.45, 7) is 4.86. The number of rotatable bonds is 1. The molecule has 82 valence electrons. The SMILES string of the molecule is C[C@@H]1CC2(CC2)CN1C(=O)[C@@H](C)N.Cl. The van der Waals surface area contributed by atoms with Crippen LogP contribution in [0.4, 0.5) is 0 Å². The smallest absolute Gasteiger partial charge is 0.239 e. The van der Waals surface area contributed by atoms with E-state index in [0.717, 1.165) is 6.54 Å². The third-order valence-electron chi connectivity index (χ3n) is 3.40. The van der Waals surface area contributed by atoms with Gasteiger partial charge in [-0.3, -0.25) is 4.79 Å². The van der Waals surface area contributed by atoms with Crippen LogP contribution in [0.3, 0.4) is 0 Å². The molecular formula is C10H19ClN2O. The van der Waals surface area contributed by atoms with Gasteiger partial charge in [0.1, 0.15) is 0 Å². The highest BCUT2D eigenvalue weighted by Gasteiger charge is 2.51. The van der Waals surface area contributed by atoms with E-state index in [4.69, 9.17) is 5.73 Å². The number of hydrogen-bond acceptors (Lipinski definition) is 2. The predicted octanol–water partition coefficient (Wildman–Crippen LogP) is 1.16. The van der Waals surface area contributed by atoms with E-state index in [-0.39, 0.29) is 24.4 Å². The van der Waals surface area contributed by atoms with Crippen LogP contribution in [-0.4, -0.2) is 29.4 Å². The Morgan fingerprint density at radius 2 is 2.14 bits per heavy atom. The van der Waals surface area contributed by atoms with Crippen LogP contribution < -0.4 is 5.73 Å². The van der Waals surface area contributed by atoms with Crippen LogP contribution in [-0.2, 0) is 4.79 Å². The molecule has 0 radical (unpaired) electrons. The van der Waals surface area contributed by atoms with Crippen molar-refractivity contribution in [3.05, 3.63) is 0 Å². The molecule has 0 aromatic rings. The fourth-order valence-corrected chi connectivity index (χ4v) is 2.41. The molecule has 1 saturated carbocycles. The number of amides is 1. The van der Waals surface area contributed by atoms with Crippen LogP contribution >= 0.6 is 12.4 Å². The zero-order chi connectivity index (χ0) is 9.64. The Bertz CT molecular complexity index is 238. The van der Waals surface area contributed by atoms with Crippen molar-refractivity contribution in [3.8, 4) is 0 Å². The highest BCUT2D eigenvalue weighted by molar-refractivity contribution is 5.85. The lowest BCUT2D eigenvalue weighted by molar-refractivity contribution is -0.132. The second-order valence-electron chi connectivity index (χ2n) is 4.81. The lowest BCUT2D eigenvalue weighted by Gasteiger charge is -2.23. The first-order valence-electron chi connectivity index (χ1n) is 5.10. The monoisotopic (exact) mass is 218 g/mol. The molecule has 1 saturated heterocycles. The highest BCUT2D eigenvalue weighted by Crippen LogP contribution is 2.54. The second kappa shape index (κ2) is 3.70. The van der Waals surface area contributed by atoms with E-state index in [0.29, 0.717) is 11.5 Å². The topological polar surface area (TPSA) is 46.3 Å². The van der Waals surface area contributed by atoms with Crippen molar-refractivity contribution in [3.63, 3.8) is 0 Å². The van der Waals surface area contributed by atoms with Gasteiger partial charge in [-0.25, -0.2) is 0 Å². The van der Waals surface area contributed by atoms with Gasteiger partial charge in [-0.15, -0.1) is 12.4 Å². The Kier molecular flexibility index (Phi) is 3.12. The number of likely N-dealkylation sites (tertiary alicyclic amines) is 1. The Morgan fingerprint density at radius 1 is 1.57 bits per heavy atom. The first kappa shape index (κ1) is 11.8. The van der Waals surface area contributed by atoms with E-state index >= 15 is 0 Å². The van der Waals surface area contributed by atoms with Gasteiger partial charge in [0, 0.05) is 12.6 Å². The van der Waals surface area contributed by atoms with Crippen molar-refractivity contribution in [1.82, 2.24) is 4.90 Å². The number of carbonyl (C=O) groups excluding carboxylic acids is 1. The molecule has 2 N–H and O–H groups in total. The van der Waals surface area contributed by atoms with Crippen molar-refractivity contribution in [2.45, 2.75) is 45.2 Å². The summed E-state index contributed by atoms with van der Waals surface area (Å²) in [7, 11) is 0. The van der Waals surface area contributed by atoms with Crippen LogP contribution in [0.15, 0.2) is 0 Å².